The maximum absolute atomic E-state index is 15.2. The number of aromatic nitrogens is 1. The summed E-state index contributed by atoms with van der Waals surface area (Å²) in [7, 11) is 8.25. The van der Waals surface area contributed by atoms with Gasteiger partial charge in [0.1, 0.15) is 19.2 Å². The molecule has 1 aliphatic heterocycles. The molecule has 0 bridgehead atoms. The summed E-state index contributed by atoms with van der Waals surface area (Å²) in [5.41, 5.74) is -2.03. The van der Waals surface area contributed by atoms with Crippen LogP contribution in [0.3, 0.4) is 0 Å². The third-order valence-corrected chi connectivity index (χ3v) is 5.76. The smallest absolute Gasteiger partial charge is 0.341 e. The summed E-state index contributed by atoms with van der Waals surface area (Å²) < 4.78 is 27.3. The second-order valence-corrected chi connectivity index (χ2v) is 8.07. The van der Waals surface area contributed by atoms with Crippen LogP contribution in [0, 0.1) is 11.7 Å². The van der Waals surface area contributed by atoms with Crippen molar-refractivity contribution in [2.75, 3.05) is 20.3 Å². The van der Waals surface area contributed by atoms with Gasteiger partial charge in [0.2, 0.25) is 5.43 Å². The molecule has 0 amide bonds. The number of halogens is 2. The highest BCUT2D eigenvalue weighted by Gasteiger charge is 2.39. The first-order valence-electron chi connectivity index (χ1n) is 9.54. The molecule has 2 radical (unpaired) electrons. The zero-order valence-electron chi connectivity index (χ0n) is 17.0. The molecule has 0 aliphatic carbocycles. The summed E-state index contributed by atoms with van der Waals surface area (Å²) in [5, 5.41) is 9.58. The van der Waals surface area contributed by atoms with Crippen molar-refractivity contribution in [3.63, 3.8) is 0 Å². The fourth-order valence-corrected chi connectivity index (χ4v) is 3.86. The molecule has 0 fully saturated rings. The Bertz CT molecular complexity index is 1050. The van der Waals surface area contributed by atoms with Crippen LogP contribution >= 0.6 is 11.6 Å². The first kappa shape index (κ1) is 22.4. The lowest BCUT2D eigenvalue weighted by Gasteiger charge is -2.43. The minimum Gasteiger partial charge on any atom is -0.492 e. The first-order valence-corrected chi connectivity index (χ1v) is 9.92. The highest BCUT2D eigenvalue weighted by molar-refractivity contribution is 6.32. The van der Waals surface area contributed by atoms with Crippen LogP contribution in [0.5, 0.6) is 5.75 Å². The minimum atomic E-state index is -1.51. The molecule has 6 nitrogen and oxygen atoms in total. The number of carboxylic acid groups (broad SMARTS) is 1. The van der Waals surface area contributed by atoms with Crippen LogP contribution in [0.25, 0.3) is 11.3 Å². The van der Waals surface area contributed by atoms with Gasteiger partial charge in [0.15, 0.2) is 5.82 Å². The van der Waals surface area contributed by atoms with Crippen molar-refractivity contribution in [3.05, 3.63) is 50.5 Å². The third-order valence-electron chi connectivity index (χ3n) is 5.47. The molecular formula is C21H22BClFNO5. The number of carbonyl (C=O) groups is 1. The van der Waals surface area contributed by atoms with E-state index in [1.54, 1.807) is 13.2 Å². The predicted molar refractivity (Wildman–Crippen MR) is 112 cm³/mol. The molecule has 1 aliphatic rings. The van der Waals surface area contributed by atoms with Crippen molar-refractivity contribution in [1.82, 2.24) is 4.57 Å². The second-order valence-electron chi connectivity index (χ2n) is 7.67. The zero-order chi connectivity index (χ0) is 22.2. The van der Waals surface area contributed by atoms with Crippen molar-refractivity contribution < 1.29 is 23.8 Å². The molecule has 2 heterocycles. The molecule has 1 atom stereocenters. The van der Waals surface area contributed by atoms with E-state index in [-0.39, 0.29) is 23.1 Å². The van der Waals surface area contributed by atoms with Crippen molar-refractivity contribution in [2.45, 2.75) is 32.1 Å². The van der Waals surface area contributed by atoms with Crippen LogP contribution in [0.2, 0.25) is 5.02 Å². The standard InChI is InChI=1S/C21H22BClFNO5/c1-11(2)21(22)9-12-7-16(30-6-4-5-29-3)15(23)8-13(12)18-17(24)19(26)14(20(27)28)10-25(18)21/h7-8,10-11H,4-6,9H2,1-3H3,(H,27,28)/t21-/m0/s1. The average molecular weight is 434 g/mol. The van der Waals surface area contributed by atoms with E-state index in [2.05, 4.69) is 0 Å². The number of aromatic carboxylic acids is 1. The Morgan fingerprint density at radius 2 is 2.10 bits per heavy atom. The summed E-state index contributed by atoms with van der Waals surface area (Å²) in [6.45, 7) is 4.62. The van der Waals surface area contributed by atoms with Gasteiger partial charge < -0.3 is 19.1 Å². The number of nitrogens with zero attached hydrogens (tertiary/aromatic N) is 1. The number of ether oxygens (including phenoxy) is 2. The van der Waals surface area contributed by atoms with Crippen LogP contribution in [0.15, 0.2) is 23.1 Å². The molecule has 3 rings (SSSR count). The van der Waals surface area contributed by atoms with Gasteiger partial charge in [0.05, 0.1) is 17.3 Å². The fourth-order valence-electron chi connectivity index (χ4n) is 3.64. The van der Waals surface area contributed by atoms with Crippen LogP contribution in [0.4, 0.5) is 4.39 Å². The monoisotopic (exact) mass is 433 g/mol. The van der Waals surface area contributed by atoms with E-state index in [1.165, 1.54) is 10.6 Å². The number of fused-ring (bicyclic) bond motifs is 3. The molecule has 0 saturated carbocycles. The van der Waals surface area contributed by atoms with Crippen LogP contribution < -0.4 is 10.2 Å². The van der Waals surface area contributed by atoms with E-state index in [0.717, 1.165) is 6.20 Å². The molecular weight excluding hydrogens is 411 g/mol. The zero-order valence-corrected chi connectivity index (χ0v) is 17.8. The molecule has 0 saturated heterocycles. The minimum absolute atomic E-state index is 0.0738. The maximum Gasteiger partial charge on any atom is 0.341 e. The topological polar surface area (TPSA) is 77.8 Å². The Hall–Kier alpha value is -2.32. The highest BCUT2D eigenvalue weighted by atomic mass is 35.5. The Labute approximate surface area is 180 Å². The summed E-state index contributed by atoms with van der Waals surface area (Å²) in [6.07, 6.45) is 2.07. The molecule has 1 N–H and O–H groups in total. The van der Waals surface area contributed by atoms with Crippen LogP contribution in [-0.4, -0.2) is 43.8 Å². The number of benzene rings is 1. The van der Waals surface area contributed by atoms with Gasteiger partial charge in [0.25, 0.3) is 0 Å². The number of methoxy groups -OCH3 is 1. The first-order chi connectivity index (χ1) is 14.1. The molecule has 1 aromatic carbocycles. The molecule has 158 valence electrons. The largest absolute Gasteiger partial charge is 0.492 e. The number of hydrogen-bond donors (Lipinski definition) is 1. The third kappa shape index (κ3) is 3.74. The van der Waals surface area contributed by atoms with Gasteiger partial charge in [-0.2, -0.15) is 0 Å². The maximum atomic E-state index is 15.2. The lowest BCUT2D eigenvalue weighted by Crippen LogP contribution is -2.46. The summed E-state index contributed by atoms with van der Waals surface area (Å²) in [4.78, 5) is 23.8. The van der Waals surface area contributed by atoms with Crippen molar-refractivity contribution in [1.29, 1.82) is 0 Å². The van der Waals surface area contributed by atoms with E-state index in [4.69, 9.17) is 28.9 Å². The van der Waals surface area contributed by atoms with Crippen molar-refractivity contribution >= 4 is 25.4 Å². The van der Waals surface area contributed by atoms with E-state index in [9.17, 15) is 14.7 Å². The van der Waals surface area contributed by atoms with E-state index in [1.807, 2.05) is 13.8 Å². The number of rotatable bonds is 7. The summed E-state index contributed by atoms with van der Waals surface area (Å²) >= 11 is 6.36. The summed E-state index contributed by atoms with van der Waals surface area (Å²) in [5.74, 6) is -2.45. The van der Waals surface area contributed by atoms with E-state index >= 15 is 4.39 Å². The lowest BCUT2D eigenvalue weighted by molar-refractivity contribution is 0.0693. The molecule has 9 heteroatoms. The van der Waals surface area contributed by atoms with Gasteiger partial charge in [-0.15, -0.1) is 0 Å². The number of carboxylic acids is 1. The predicted octanol–water partition coefficient (Wildman–Crippen LogP) is 3.45. The molecule has 1 aromatic heterocycles. The van der Waals surface area contributed by atoms with Crippen molar-refractivity contribution in [2.24, 2.45) is 5.92 Å². The normalized spacial score (nSPS) is 17.5. The average Bonchev–Trinajstić information content (AvgIpc) is 2.68. The quantitative estimate of drug-likeness (QED) is 0.534. The van der Waals surface area contributed by atoms with Gasteiger partial charge >= 0.3 is 5.97 Å². The SMILES string of the molecule is [B][C@@]1(C(C)C)Cc2cc(OCCCOC)c(Cl)cc2-c2c(F)c(=O)c(C(=O)O)cn21. The molecule has 0 spiro atoms. The second kappa shape index (κ2) is 8.43. The number of pyridine rings is 1. The summed E-state index contributed by atoms with van der Waals surface area (Å²) in [6, 6.07) is 3.23. The number of hydrogen-bond acceptors (Lipinski definition) is 4. The van der Waals surface area contributed by atoms with Crippen LogP contribution in [0.1, 0.15) is 36.2 Å². The van der Waals surface area contributed by atoms with Crippen LogP contribution in [-0.2, 0) is 16.6 Å². The highest BCUT2D eigenvalue weighted by Crippen LogP contribution is 2.44. The van der Waals surface area contributed by atoms with E-state index in [0.29, 0.717) is 36.5 Å². The van der Waals surface area contributed by atoms with E-state index < -0.39 is 28.2 Å². The van der Waals surface area contributed by atoms with Gasteiger partial charge in [-0.1, -0.05) is 25.4 Å². The fraction of sp³-hybridized carbons (Fsp3) is 0.429. The Balaban J connectivity index is 2.21. The lowest BCUT2D eigenvalue weighted by atomic mass is 9.63. The Morgan fingerprint density at radius 3 is 2.70 bits per heavy atom. The van der Waals surface area contributed by atoms with Gasteiger partial charge in [-0.05, 0) is 30.0 Å². The Kier molecular flexibility index (Phi) is 6.29. The van der Waals surface area contributed by atoms with Crippen molar-refractivity contribution in [3.8, 4) is 17.0 Å². The molecule has 2 aromatic rings. The molecule has 30 heavy (non-hydrogen) atoms. The molecule has 0 unspecified atom stereocenters. The Morgan fingerprint density at radius 1 is 1.40 bits per heavy atom. The van der Waals surface area contributed by atoms with Gasteiger partial charge in [-0.3, -0.25) is 4.79 Å². The van der Waals surface area contributed by atoms with Gasteiger partial charge in [-0.25, -0.2) is 9.18 Å². The van der Waals surface area contributed by atoms with Gasteiger partial charge in [0, 0.05) is 37.3 Å².